The predicted octanol–water partition coefficient (Wildman–Crippen LogP) is 3.18. The van der Waals surface area contributed by atoms with E-state index in [1.54, 1.807) is 0 Å². The number of carbonyl (C=O) groups excluding carboxylic acids is 3. The van der Waals surface area contributed by atoms with E-state index in [2.05, 4.69) is 4.99 Å². The summed E-state index contributed by atoms with van der Waals surface area (Å²) in [6, 6.07) is 10.3. The van der Waals surface area contributed by atoms with Crippen LogP contribution in [0.25, 0.3) is 0 Å². The number of aliphatic imine (C=N–C) groups is 1. The third-order valence-electron chi connectivity index (χ3n) is 4.00. The maximum atomic E-state index is 12.9. The number of nitrogens with one attached hydrogen (secondary N) is 1. The molecule has 29 heavy (non-hydrogen) atoms. The number of benzene rings is 2. The highest BCUT2D eigenvalue weighted by Gasteiger charge is 2.41. The van der Waals surface area contributed by atoms with Crippen molar-refractivity contribution in [1.82, 2.24) is 5.32 Å². The van der Waals surface area contributed by atoms with Gasteiger partial charge in [0, 0.05) is 6.21 Å². The molecule has 3 rings (SSSR count). The second-order valence-electron chi connectivity index (χ2n) is 5.93. The Balaban J connectivity index is 1.90. The molecule has 1 aliphatic heterocycles. The van der Waals surface area contributed by atoms with Crippen LogP contribution in [0, 0.1) is 17.2 Å². The van der Waals surface area contributed by atoms with Crippen LogP contribution < -0.4 is 10.2 Å². The van der Waals surface area contributed by atoms with Gasteiger partial charge < -0.3 is 0 Å². The van der Waals surface area contributed by atoms with Gasteiger partial charge >= 0.3 is 12.2 Å². The third kappa shape index (κ3) is 4.14. The molecular formula is C19H11F3N4O3. The molecule has 1 atom stereocenters. The van der Waals surface area contributed by atoms with Crippen molar-refractivity contribution in [2.75, 3.05) is 4.90 Å². The Labute approximate surface area is 162 Å². The molecule has 2 aromatic rings. The summed E-state index contributed by atoms with van der Waals surface area (Å²) in [6.45, 7) is 0. The molecule has 10 heteroatoms. The van der Waals surface area contributed by atoms with E-state index in [-0.39, 0.29) is 5.69 Å². The van der Waals surface area contributed by atoms with Gasteiger partial charge in [-0.15, -0.1) is 0 Å². The Morgan fingerprint density at radius 3 is 2.41 bits per heavy atom. The monoisotopic (exact) mass is 400 g/mol. The molecule has 0 radical (unpaired) electrons. The molecule has 1 N–H and O–H groups in total. The first-order valence-corrected chi connectivity index (χ1v) is 8.11. The number of nitrogens with zero attached hydrogens (tertiary/aromatic N) is 3. The predicted molar refractivity (Wildman–Crippen MR) is 95.3 cm³/mol. The van der Waals surface area contributed by atoms with Crippen molar-refractivity contribution in [3.63, 3.8) is 0 Å². The molecule has 1 aliphatic rings. The van der Waals surface area contributed by atoms with E-state index in [4.69, 9.17) is 5.26 Å². The summed E-state index contributed by atoms with van der Waals surface area (Å²) in [4.78, 5) is 41.2. The summed E-state index contributed by atoms with van der Waals surface area (Å²) in [5.41, 5.74) is -0.647. The number of halogens is 3. The summed E-state index contributed by atoms with van der Waals surface area (Å²) in [6.07, 6.45) is -3.68. The lowest BCUT2D eigenvalue weighted by Crippen LogP contribution is -2.58. The maximum Gasteiger partial charge on any atom is 0.416 e. The van der Waals surface area contributed by atoms with Gasteiger partial charge in [-0.2, -0.15) is 18.4 Å². The highest BCUT2D eigenvalue weighted by molar-refractivity contribution is 6.32. The Bertz CT molecular complexity index is 1060. The summed E-state index contributed by atoms with van der Waals surface area (Å²) in [5, 5.41) is 10.7. The molecular weight excluding hydrogens is 389 g/mol. The van der Waals surface area contributed by atoms with Crippen LogP contribution in [0.3, 0.4) is 0 Å². The first-order chi connectivity index (χ1) is 13.7. The molecule has 0 spiro atoms. The molecule has 0 aliphatic carbocycles. The van der Waals surface area contributed by atoms with E-state index in [0.29, 0.717) is 22.2 Å². The molecule has 0 unspecified atom stereocenters. The van der Waals surface area contributed by atoms with E-state index in [1.165, 1.54) is 24.3 Å². The summed E-state index contributed by atoms with van der Waals surface area (Å²) in [7, 11) is 0. The topological polar surface area (TPSA) is 103 Å². The summed E-state index contributed by atoms with van der Waals surface area (Å²) >= 11 is 0. The minimum Gasteiger partial charge on any atom is -0.276 e. The highest BCUT2D eigenvalue weighted by Crippen LogP contribution is 2.32. The average Bonchev–Trinajstić information content (AvgIpc) is 2.67. The van der Waals surface area contributed by atoms with Crippen molar-refractivity contribution < 1.29 is 27.6 Å². The molecule has 1 fully saturated rings. The van der Waals surface area contributed by atoms with Crippen molar-refractivity contribution in [3.8, 4) is 6.07 Å². The van der Waals surface area contributed by atoms with Gasteiger partial charge in [0.05, 0.1) is 28.6 Å². The molecule has 4 amide bonds. The van der Waals surface area contributed by atoms with E-state index in [9.17, 15) is 27.6 Å². The number of barbiturate groups is 1. The van der Waals surface area contributed by atoms with Crippen molar-refractivity contribution in [2.24, 2.45) is 10.9 Å². The van der Waals surface area contributed by atoms with Gasteiger partial charge in [-0.3, -0.25) is 19.9 Å². The van der Waals surface area contributed by atoms with Crippen LogP contribution in [0.5, 0.6) is 0 Å². The van der Waals surface area contributed by atoms with Gasteiger partial charge in [0.2, 0.25) is 5.91 Å². The number of alkyl halides is 3. The average molecular weight is 400 g/mol. The number of carbonyl (C=O) groups is 3. The Morgan fingerprint density at radius 1 is 1.10 bits per heavy atom. The number of anilines is 1. The second-order valence-corrected chi connectivity index (χ2v) is 5.93. The first-order valence-electron chi connectivity index (χ1n) is 8.11. The van der Waals surface area contributed by atoms with E-state index in [0.717, 1.165) is 24.4 Å². The van der Waals surface area contributed by atoms with Crippen molar-refractivity contribution in [3.05, 3.63) is 59.7 Å². The van der Waals surface area contributed by atoms with Crippen LogP contribution in [-0.2, 0) is 15.8 Å². The summed E-state index contributed by atoms with van der Waals surface area (Å²) in [5.74, 6) is -3.49. The van der Waals surface area contributed by atoms with Crippen LogP contribution >= 0.6 is 0 Å². The zero-order valence-corrected chi connectivity index (χ0v) is 14.5. The van der Waals surface area contributed by atoms with Gasteiger partial charge in [-0.25, -0.2) is 9.69 Å². The van der Waals surface area contributed by atoms with Crippen molar-refractivity contribution in [1.29, 1.82) is 5.26 Å². The quantitative estimate of drug-likeness (QED) is 0.631. The fraction of sp³-hybridized carbons (Fsp3) is 0.105. The van der Waals surface area contributed by atoms with Gasteiger partial charge in [-0.05, 0) is 42.5 Å². The number of amides is 4. The molecule has 146 valence electrons. The number of hydrogen-bond acceptors (Lipinski definition) is 5. The molecule has 2 aromatic carbocycles. The first kappa shape index (κ1) is 19.8. The largest absolute Gasteiger partial charge is 0.416 e. The fourth-order valence-corrected chi connectivity index (χ4v) is 2.57. The molecule has 1 heterocycles. The number of rotatable bonds is 3. The van der Waals surface area contributed by atoms with E-state index >= 15 is 0 Å². The number of urea groups is 1. The van der Waals surface area contributed by atoms with E-state index < -0.39 is 35.5 Å². The maximum absolute atomic E-state index is 12.9. The third-order valence-corrected chi connectivity index (χ3v) is 4.00. The van der Waals surface area contributed by atoms with Gasteiger partial charge in [0.25, 0.3) is 5.91 Å². The molecule has 7 nitrogen and oxygen atoms in total. The standard InChI is InChI=1S/C19H11F3N4O3/c20-19(21,22)12-2-1-3-14(8-12)26-17(28)15(16(27)25-18(26)29)10-24-13-6-4-11(9-23)5-7-13/h1-8,10,15H,(H,25,27,29)/t15-/m1/s1. The van der Waals surface area contributed by atoms with E-state index in [1.807, 2.05) is 11.4 Å². The number of nitriles is 1. The zero-order valence-electron chi connectivity index (χ0n) is 14.5. The Kier molecular flexibility index (Phi) is 5.14. The van der Waals surface area contributed by atoms with Crippen LogP contribution in [0.1, 0.15) is 11.1 Å². The van der Waals surface area contributed by atoms with Crippen LogP contribution in [0.2, 0.25) is 0 Å². The highest BCUT2D eigenvalue weighted by atomic mass is 19.4. The Morgan fingerprint density at radius 2 is 1.79 bits per heavy atom. The number of imide groups is 2. The minimum absolute atomic E-state index is 0.327. The second kappa shape index (κ2) is 7.55. The number of hydrogen-bond donors (Lipinski definition) is 1. The van der Waals surface area contributed by atoms with Gasteiger partial charge in [0.1, 0.15) is 0 Å². The van der Waals surface area contributed by atoms with Crippen molar-refractivity contribution in [2.45, 2.75) is 6.18 Å². The van der Waals surface area contributed by atoms with Crippen molar-refractivity contribution >= 4 is 35.4 Å². The normalized spacial score (nSPS) is 17.4. The Hall–Kier alpha value is -4.00. The fourth-order valence-electron chi connectivity index (χ4n) is 2.57. The molecule has 0 saturated carbocycles. The molecule has 0 aromatic heterocycles. The van der Waals surface area contributed by atoms with Gasteiger partial charge in [-0.1, -0.05) is 6.07 Å². The van der Waals surface area contributed by atoms with Crippen LogP contribution in [0.15, 0.2) is 53.5 Å². The SMILES string of the molecule is N#Cc1ccc(N=C[C@@H]2C(=O)NC(=O)N(c3cccc(C(F)(F)F)c3)C2=O)cc1. The zero-order chi connectivity index (χ0) is 21.2. The molecule has 1 saturated heterocycles. The lowest BCUT2D eigenvalue weighted by atomic mass is 10.1. The lowest BCUT2D eigenvalue weighted by Gasteiger charge is -2.28. The summed E-state index contributed by atoms with van der Waals surface area (Å²) < 4.78 is 38.8. The van der Waals surface area contributed by atoms with Gasteiger partial charge in [0.15, 0.2) is 5.92 Å². The van der Waals surface area contributed by atoms with Crippen LogP contribution in [-0.4, -0.2) is 24.1 Å². The lowest BCUT2D eigenvalue weighted by molar-refractivity contribution is -0.138. The smallest absolute Gasteiger partial charge is 0.276 e. The molecule has 0 bridgehead atoms. The minimum atomic E-state index is -4.67. The van der Waals surface area contributed by atoms with Crippen LogP contribution in [0.4, 0.5) is 29.3 Å².